The molecule has 0 fully saturated rings. The predicted octanol–water partition coefficient (Wildman–Crippen LogP) is 2.19. The van der Waals surface area contributed by atoms with Crippen LogP contribution in [0, 0.1) is 13.8 Å². The van der Waals surface area contributed by atoms with Crippen molar-refractivity contribution in [3.8, 4) is 5.75 Å². The van der Waals surface area contributed by atoms with E-state index in [-0.39, 0.29) is 6.10 Å². The van der Waals surface area contributed by atoms with Crippen LogP contribution in [-0.4, -0.2) is 12.6 Å². The van der Waals surface area contributed by atoms with E-state index in [9.17, 15) is 0 Å². The molecule has 1 unspecified atom stereocenters. The Morgan fingerprint density at radius 2 is 1.93 bits per heavy atom. The van der Waals surface area contributed by atoms with Crippen LogP contribution in [0.2, 0.25) is 5.02 Å². The van der Waals surface area contributed by atoms with Crippen molar-refractivity contribution < 1.29 is 4.74 Å². The number of halogens is 1. The molecule has 0 aliphatic rings. The summed E-state index contributed by atoms with van der Waals surface area (Å²) in [6, 6.07) is 3.87. The topological polar surface area (TPSA) is 47.3 Å². The molecule has 3 nitrogen and oxygen atoms in total. The minimum Gasteiger partial charge on any atom is -0.489 e. The Balaban J connectivity index is 2.78. The number of nitrogens with two attached hydrogens (primary N) is 1. The van der Waals surface area contributed by atoms with Gasteiger partial charge in [0.2, 0.25) is 0 Å². The van der Waals surface area contributed by atoms with E-state index in [1.165, 1.54) is 0 Å². The SMILES string of the molecule is Cc1cc(OC(C)CNN)cc(C)c1Cl. The van der Waals surface area contributed by atoms with Gasteiger partial charge in [0.1, 0.15) is 11.9 Å². The van der Waals surface area contributed by atoms with Crippen LogP contribution in [0.1, 0.15) is 18.1 Å². The normalized spacial score (nSPS) is 12.6. The van der Waals surface area contributed by atoms with Gasteiger partial charge in [-0.15, -0.1) is 0 Å². The van der Waals surface area contributed by atoms with Crippen LogP contribution in [0.4, 0.5) is 0 Å². The summed E-state index contributed by atoms with van der Waals surface area (Å²) < 4.78 is 5.67. The Labute approximate surface area is 95.5 Å². The molecular formula is C11H17ClN2O. The molecule has 4 heteroatoms. The van der Waals surface area contributed by atoms with Gasteiger partial charge >= 0.3 is 0 Å². The second kappa shape index (κ2) is 5.35. The Bertz CT molecular complexity index is 318. The highest BCUT2D eigenvalue weighted by Crippen LogP contribution is 2.26. The molecule has 15 heavy (non-hydrogen) atoms. The van der Waals surface area contributed by atoms with Crippen molar-refractivity contribution in [3.63, 3.8) is 0 Å². The van der Waals surface area contributed by atoms with Crippen LogP contribution < -0.4 is 16.0 Å². The zero-order valence-electron chi connectivity index (χ0n) is 9.30. The summed E-state index contributed by atoms with van der Waals surface area (Å²) in [7, 11) is 0. The second-order valence-electron chi connectivity index (χ2n) is 3.71. The van der Waals surface area contributed by atoms with Gasteiger partial charge < -0.3 is 4.74 Å². The second-order valence-corrected chi connectivity index (χ2v) is 4.09. The van der Waals surface area contributed by atoms with Crippen molar-refractivity contribution in [2.45, 2.75) is 26.9 Å². The lowest BCUT2D eigenvalue weighted by atomic mass is 10.1. The van der Waals surface area contributed by atoms with Crippen molar-refractivity contribution in [2.24, 2.45) is 5.84 Å². The van der Waals surface area contributed by atoms with Crippen LogP contribution >= 0.6 is 11.6 Å². The summed E-state index contributed by atoms with van der Waals surface area (Å²) in [5, 5.41) is 0.798. The molecule has 0 heterocycles. The van der Waals surface area contributed by atoms with Crippen LogP contribution in [0.15, 0.2) is 12.1 Å². The molecular weight excluding hydrogens is 212 g/mol. The molecule has 1 atom stereocenters. The van der Waals surface area contributed by atoms with Crippen LogP contribution in [0.25, 0.3) is 0 Å². The van der Waals surface area contributed by atoms with Gasteiger partial charge in [-0.05, 0) is 44.0 Å². The minimum atomic E-state index is 0.0370. The van der Waals surface area contributed by atoms with Crippen molar-refractivity contribution in [2.75, 3.05) is 6.54 Å². The molecule has 0 saturated heterocycles. The van der Waals surface area contributed by atoms with E-state index >= 15 is 0 Å². The molecule has 0 amide bonds. The average molecular weight is 229 g/mol. The summed E-state index contributed by atoms with van der Waals surface area (Å²) in [5.74, 6) is 6.05. The van der Waals surface area contributed by atoms with E-state index in [4.69, 9.17) is 22.2 Å². The zero-order valence-corrected chi connectivity index (χ0v) is 10.1. The molecule has 0 spiro atoms. The molecule has 0 aromatic heterocycles. The fourth-order valence-corrected chi connectivity index (χ4v) is 1.52. The van der Waals surface area contributed by atoms with E-state index in [1.807, 2.05) is 32.9 Å². The van der Waals surface area contributed by atoms with Gasteiger partial charge in [-0.3, -0.25) is 11.3 Å². The number of aryl methyl sites for hydroxylation is 2. The van der Waals surface area contributed by atoms with Gasteiger partial charge in [0.15, 0.2) is 0 Å². The highest BCUT2D eigenvalue weighted by atomic mass is 35.5. The fourth-order valence-electron chi connectivity index (χ4n) is 1.41. The summed E-state index contributed by atoms with van der Waals surface area (Å²) in [6.07, 6.45) is 0.0370. The van der Waals surface area contributed by atoms with Crippen LogP contribution in [-0.2, 0) is 0 Å². The maximum absolute atomic E-state index is 6.06. The summed E-state index contributed by atoms with van der Waals surface area (Å²) in [6.45, 7) is 6.50. The predicted molar refractivity (Wildman–Crippen MR) is 63.2 cm³/mol. The smallest absolute Gasteiger partial charge is 0.120 e. The van der Waals surface area contributed by atoms with E-state index < -0.39 is 0 Å². The maximum Gasteiger partial charge on any atom is 0.120 e. The van der Waals surface area contributed by atoms with Crippen molar-refractivity contribution in [1.29, 1.82) is 0 Å². The summed E-state index contributed by atoms with van der Waals surface area (Å²) in [4.78, 5) is 0. The third kappa shape index (κ3) is 3.38. The molecule has 0 radical (unpaired) electrons. The molecule has 0 saturated carbocycles. The minimum absolute atomic E-state index is 0.0370. The third-order valence-electron chi connectivity index (χ3n) is 2.15. The van der Waals surface area contributed by atoms with E-state index in [0.29, 0.717) is 6.54 Å². The molecule has 3 N–H and O–H groups in total. The standard InChI is InChI=1S/C11H17ClN2O/c1-7-4-10(5-8(2)11(7)12)15-9(3)6-14-13/h4-5,9,14H,6,13H2,1-3H3. The quantitative estimate of drug-likeness (QED) is 0.614. The first-order valence-electron chi connectivity index (χ1n) is 4.91. The third-order valence-corrected chi connectivity index (χ3v) is 2.75. The van der Waals surface area contributed by atoms with Crippen molar-refractivity contribution >= 4 is 11.6 Å². The number of nitrogens with one attached hydrogen (secondary N) is 1. The fraction of sp³-hybridized carbons (Fsp3) is 0.455. The summed E-state index contributed by atoms with van der Waals surface area (Å²) >= 11 is 6.06. The molecule has 0 aliphatic carbocycles. The van der Waals surface area contributed by atoms with Gasteiger partial charge in [0, 0.05) is 11.6 Å². The van der Waals surface area contributed by atoms with Crippen molar-refractivity contribution in [3.05, 3.63) is 28.3 Å². The van der Waals surface area contributed by atoms with Crippen LogP contribution in [0.3, 0.4) is 0 Å². The largest absolute Gasteiger partial charge is 0.489 e. The highest BCUT2D eigenvalue weighted by Gasteiger charge is 2.06. The maximum atomic E-state index is 6.06. The van der Waals surface area contributed by atoms with Gasteiger partial charge in [-0.25, -0.2) is 0 Å². The lowest BCUT2D eigenvalue weighted by molar-refractivity contribution is 0.217. The number of hydrogen-bond donors (Lipinski definition) is 2. The molecule has 0 aliphatic heterocycles. The lowest BCUT2D eigenvalue weighted by Gasteiger charge is -2.15. The van der Waals surface area contributed by atoms with Gasteiger partial charge in [-0.1, -0.05) is 11.6 Å². The molecule has 1 aromatic rings. The number of ether oxygens (including phenoxy) is 1. The van der Waals surface area contributed by atoms with Gasteiger partial charge in [0.25, 0.3) is 0 Å². The Morgan fingerprint density at radius 1 is 1.40 bits per heavy atom. The van der Waals surface area contributed by atoms with Crippen LogP contribution in [0.5, 0.6) is 5.75 Å². The number of hydrazine groups is 1. The van der Waals surface area contributed by atoms with Gasteiger partial charge in [0.05, 0.1) is 0 Å². The average Bonchev–Trinajstić information content (AvgIpc) is 2.14. The first kappa shape index (κ1) is 12.3. The monoisotopic (exact) mass is 228 g/mol. The number of benzene rings is 1. The first-order valence-corrected chi connectivity index (χ1v) is 5.29. The number of rotatable bonds is 4. The molecule has 1 aromatic carbocycles. The highest BCUT2D eigenvalue weighted by molar-refractivity contribution is 6.32. The number of hydrogen-bond acceptors (Lipinski definition) is 3. The molecule has 84 valence electrons. The Morgan fingerprint density at radius 3 is 2.40 bits per heavy atom. The molecule has 0 bridgehead atoms. The Hall–Kier alpha value is -0.770. The Kier molecular flexibility index (Phi) is 4.39. The van der Waals surface area contributed by atoms with E-state index in [0.717, 1.165) is 21.9 Å². The van der Waals surface area contributed by atoms with Gasteiger partial charge in [-0.2, -0.15) is 0 Å². The van der Waals surface area contributed by atoms with E-state index in [2.05, 4.69) is 5.43 Å². The van der Waals surface area contributed by atoms with E-state index in [1.54, 1.807) is 0 Å². The van der Waals surface area contributed by atoms with Crippen molar-refractivity contribution in [1.82, 2.24) is 5.43 Å². The summed E-state index contributed by atoms with van der Waals surface area (Å²) in [5.41, 5.74) is 4.63. The zero-order chi connectivity index (χ0) is 11.4. The molecule has 1 rings (SSSR count). The first-order chi connectivity index (χ1) is 7.04. The lowest BCUT2D eigenvalue weighted by Crippen LogP contribution is -2.33.